The molecule has 0 bridgehead atoms. The lowest BCUT2D eigenvalue weighted by atomic mass is 9.84. The molecule has 5 heteroatoms. The zero-order valence-electron chi connectivity index (χ0n) is 20.2. The number of benzene rings is 2. The highest BCUT2D eigenvalue weighted by Crippen LogP contribution is 2.48. The number of carbonyl (C=O) groups excluding carboxylic acids is 1. The second kappa shape index (κ2) is 9.54. The Morgan fingerprint density at radius 3 is 2.27 bits per heavy atom. The molecule has 2 aromatic rings. The minimum Gasteiger partial charge on any atom is -0.490 e. The molecule has 1 saturated heterocycles. The van der Waals surface area contributed by atoms with Gasteiger partial charge >= 0.3 is 0 Å². The van der Waals surface area contributed by atoms with Crippen molar-refractivity contribution < 1.29 is 14.4 Å². The van der Waals surface area contributed by atoms with E-state index in [0.29, 0.717) is 18.7 Å². The number of aryl methyl sites for hydroxylation is 3. The second-order valence-electron chi connectivity index (χ2n) is 9.10. The Kier molecular flexibility index (Phi) is 6.73. The quantitative estimate of drug-likeness (QED) is 0.564. The van der Waals surface area contributed by atoms with Crippen LogP contribution >= 0.6 is 0 Å². The minimum absolute atomic E-state index is 0.0267. The number of piperidine rings is 1. The van der Waals surface area contributed by atoms with E-state index in [1.54, 1.807) is 7.11 Å². The Balaban J connectivity index is 1.87. The lowest BCUT2D eigenvalue weighted by molar-refractivity contribution is -0.164. The summed E-state index contributed by atoms with van der Waals surface area (Å²) in [7, 11) is 1.70. The Morgan fingerprint density at radius 1 is 1.06 bits per heavy atom. The third-order valence-electron chi connectivity index (χ3n) is 6.90. The summed E-state index contributed by atoms with van der Waals surface area (Å²) in [5.74, 6) is 0.822. The molecule has 5 nitrogen and oxygen atoms in total. The van der Waals surface area contributed by atoms with E-state index in [9.17, 15) is 4.79 Å². The number of hydroxylamine groups is 2. The van der Waals surface area contributed by atoms with E-state index < -0.39 is 5.54 Å². The molecule has 0 saturated carbocycles. The van der Waals surface area contributed by atoms with Crippen molar-refractivity contribution in [3.63, 3.8) is 0 Å². The summed E-state index contributed by atoms with van der Waals surface area (Å²) in [5.41, 5.74) is 5.66. The SMILES string of the molecule is C=CCN1C(=O)C(c2c(C)cc(C)cc2C)=C(OCc2ccccc2)C12CCN(OC)CC2. The van der Waals surface area contributed by atoms with Gasteiger partial charge in [0, 0.05) is 19.6 Å². The molecule has 0 atom stereocenters. The van der Waals surface area contributed by atoms with Crippen LogP contribution in [0.4, 0.5) is 0 Å². The maximum atomic E-state index is 14.0. The summed E-state index contributed by atoms with van der Waals surface area (Å²) >= 11 is 0. The number of amides is 1. The van der Waals surface area contributed by atoms with Gasteiger partial charge in [0.05, 0.1) is 12.7 Å². The molecule has 1 amide bonds. The Bertz CT molecular complexity index is 1040. The van der Waals surface area contributed by atoms with Gasteiger partial charge in [-0.15, -0.1) is 6.58 Å². The van der Waals surface area contributed by atoms with Gasteiger partial charge in [-0.2, -0.15) is 5.06 Å². The fourth-order valence-corrected chi connectivity index (χ4v) is 5.44. The summed E-state index contributed by atoms with van der Waals surface area (Å²) in [6.07, 6.45) is 3.31. The molecule has 2 aromatic carbocycles. The average Bonchev–Trinajstić information content (AvgIpc) is 3.01. The normalized spacial score (nSPS) is 18.3. The van der Waals surface area contributed by atoms with Crippen LogP contribution in [0.15, 0.2) is 60.9 Å². The van der Waals surface area contributed by atoms with Crippen molar-refractivity contribution in [2.24, 2.45) is 0 Å². The van der Waals surface area contributed by atoms with Gasteiger partial charge < -0.3 is 14.5 Å². The maximum absolute atomic E-state index is 14.0. The van der Waals surface area contributed by atoms with Crippen LogP contribution in [0, 0.1) is 20.8 Å². The second-order valence-corrected chi connectivity index (χ2v) is 9.10. The van der Waals surface area contributed by atoms with E-state index in [0.717, 1.165) is 53.9 Å². The predicted molar refractivity (Wildman–Crippen MR) is 131 cm³/mol. The molecule has 0 N–H and O–H groups in total. The highest BCUT2D eigenvalue weighted by Gasteiger charge is 2.54. The lowest BCUT2D eigenvalue weighted by Crippen LogP contribution is -2.55. The van der Waals surface area contributed by atoms with Crippen LogP contribution in [0.3, 0.4) is 0 Å². The molecular weight excluding hydrogens is 412 g/mol. The van der Waals surface area contributed by atoms with E-state index in [4.69, 9.17) is 9.57 Å². The fraction of sp³-hybridized carbons (Fsp3) is 0.393. The molecule has 0 aromatic heterocycles. The average molecular weight is 447 g/mol. The van der Waals surface area contributed by atoms with Gasteiger partial charge in [0.25, 0.3) is 5.91 Å². The number of rotatable bonds is 7. The number of carbonyl (C=O) groups is 1. The van der Waals surface area contributed by atoms with E-state index in [-0.39, 0.29) is 5.91 Å². The van der Waals surface area contributed by atoms with Crippen molar-refractivity contribution in [1.82, 2.24) is 9.96 Å². The van der Waals surface area contributed by atoms with Gasteiger partial charge in [-0.3, -0.25) is 4.79 Å². The zero-order chi connectivity index (χ0) is 23.6. The maximum Gasteiger partial charge on any atom is 0.259 e. The van der Waals surface area contributed by atoms with Gasteiger partial charge in [-0.1, -0.05) is 54.1 Å². The largest absolute Gasteiger partial charge is 0.490 e. The zero-order valence-corrected chi connectivity index (χ0v) is 20.2. The van der Waals surface area contributed by atoms with Crippen LogP contribution in [0.25, 0.3) is 5.57 Å². The third-order valence-corrected chi connectivity index (χ3v) is 6.90. The van der Waals surface area contributed by atoms with Crippen molar-refractivity contribution in [3.8, 4) is 0 Å². The Morgan fingerprint density at radius 2 is 1.70 bits per heavy atom. The third kappa shape index (κ3) is 4.23. The topological polar surface area (TPSA) is 42.0 Å². The summed E-state index contributed by atoms with van der Waals surface area (Å²) in [4.78, 5) is 21.5. The molecule has 33 heavy (non-hydrogen) atoms. The Labute approximate surface area is 197 Å². The molecule has 0 aliphatic carbocycles. The first-order valence-electron chi connectivity index (χ1n) is 11.6. The molecule has 174 valence electrons. The number of hydrogen-bond donors (Lipinski definition) is 0. The van der Waals surface area contributed by atoms with Crippen LogP contribution in [-0.4, -0.2) is 48.2 Å². The standard InChI is InChI=1S/C28H34N2O3/c1-6-14-30-27(31)25(24-21(3)17-20(2)18-22(24)4)26(33-19-23-10-8-7-9-11-23)28(30)12-15-29(32-5)16-13-28/h6-11,17-18H,1,12-16,19H2,2-5H3. The molecular formula is C28H34N2O3. The van der Waals surface area contributed by atoms with Crippen molar-refractivity contribution in [2.75, 3.05) is 26.7 Å². The minimum atomic E-state index is -0.506. The van der Waals surface area contributed by atoms with Crippen LogP contribution in [0.5, 0.6) is 0 Å². The highest BCUT2D eigenvalue weighted by molar-refractivity contribution is 6.24. The number of hydrogen-bond acceptors (Lipinski definition) is 4. The van der Waals surface area contributed by atoms with Crippen molar-refractivity contribution >= 4 is 11.5 Å². The van der Waals surface area contributed by atoms with Gasteiger partial charge in [-0.25, -0.2) is 0 Å². The summed E-state index contributed by atoms with van der Waals surface area (Å²) < 4.78 is 6.63. The van der Waals surface area contributed by atoms with Crippen molar-refractivity contribution in [2.45, 2.75) is 45.8 Å². The number of nitrogens with zero attached hydrogens (tertiary/aromatic N) is 2. The molecule has 1 fully saturated rings. The van der Waals surface area contributed by atoms with E-state index in [1.165, 1.54) is 5.56 Å². The molecule has 1 spiro atoms. The van der Waals surface area contributed by atoms with E-state index >= 15 is 0 Å². The molecule has 4 rings (SSSR count). The predicted octanol–water partition coefficient (Wildman–Crippen LogP) is 4.96. The smallest absolute Gasteiger partial charge is 0.259 e. The highest BCUT2D eigenvalue weighted by atomic mass is 16.7. The van der Waals surface area contributed by atoms with Crippen molar-refractivity contribution in [1.29, 1.82) is 0 Å². The van der Waals surface area contributed by atoms with Gasteiger partial charge in [-0.05, 0) is 55.9 Å². The van der Waals surface area contributed by atoms with E-state index in [1.807, 2.05) is 34.2 Å². The summed E-state index contributed by atoms with van der Waals surface area (Å²) in [5, 5.41) is 1.96. The van der Waals surface area contributed by atoms with Gasteiger partial charge in [0.15, 0.2) is 0 Å². The van der Waals surface area contributed by atoms with Gasteiger partial charge in [0.1, 0.15) is 17.9 Å². The Hall–Kier alpha value is -2.89. The molecule has 0 radical (unpaired) electrons. The van der Waals surface area contributed by atoms with Crippen LogP contribution in [0.2, 0.25) is 0 Å². The van der Waals surface area contributed by atoms with Crippen LogP contribution < -0.4 is 0 Å². The first kappa shape index (κ1) is 23.3. The molecule has 2 aliphatic rings. The molecule has 2 aliphatic heterocycles. The van der Waals surface area contributed by atoms with Crippen LogP contribution in [0.1, 0.15) is 40.7 Å². The van der Waals surface area contributed by atoms with Crippen LogP contribution in [-0.2, 0) is 21.0 Å². The van der Waals surface area contributed by atoms with Crippen molar-refractivity contribution in [3.05, 3.63) is 88.7 Å². The fourth-order valence-electron chi connectivity index (χ4n) is 5.44. The van der Waals surface area contributed by atoms with Gasteiger partial charge in [0.2, 0.25) is 0 Å². The van der Waals surface area contributed by atoms with E-state index in [2.05, 4.69) is 51.6 Å². The summed E-state index contributed by atoms with van der Waals surface area (Å²) in [6.45, 7) is 12.6. The monoisotopic (exact) mass is 446 g/mol. The molecule has 2 heterocycles. The first-order valence-corrected chi connectivity index (χ1v) is 11.6. The molecule has 0 unspecified atom stereocenters. The summed E-state index contributed by atoms with van der Waals surface area (Å²) in [6, 6.07) is 14.4. The lowest BCUT2D eigenvalue weighted by Gasteiger charge is -2.44. The number of ether oxygens (including phenoxy) is 1. The first-order chi connectivity index (χ1) is 15.9.